The van der Waals surface area contributed by atoms with Crippen molar-refractivity contribution in [3.63, 3.8) is 0 Å². The molecule has 0 spiro atoms. The summed E-state index contributed by atoms with van der Waals surface area (Å²) in [5.41, 5.74) is 3.38. The average Bonchev–Trinajstić information content (AvgIpc) is 3.24. The summed E-state index contributed by atoms with van der Waals surface area (Å²) < 4.78 is 7.21. The highest BCUT2D eigenvalue weighted by Crippen LogP contribution is 2.31. The lowest BCUT2D eigenvalue weighted by molar-refractivity contribution is -0.384. The van der Waals surface area contributed by atoms with Crippen LogP contribution in [0.2, 0.25) is 0 Å². The monoisotopic (exact) mass is 568 g/mol. The van der Waals surface area contributed by atoms with Crippen LogP contribution in [0.25, 0.3) is 11.8 Å². The van der Waals surface area contributed by atoms with Crippen molar-refractivity contribution in [3.8, 4) is 11.4 Å². The van der Waals surface area contributed by atoms with Crippen LogP contribution in [0, 0.1) is 24.0 Å². The Kier molecular flexibility index (Phi) is 7.45. The minimum atomic E-state index is -0.831. The largest absolute Gasteiger partial charge is 0.497 e. The van der Waals surface area contributed by atoms with Gasteiger partial charge in [0.15, 0.2) is 0 Å². The Labute approximate surface area is 239 Å². The van der Waals surface area contributed by atoms with Crippen molar-refractivity contribution >= 4 is 47.1 Å². The van der Waals surface area contributed by atoms with Gasteiger partial charge in [-0.2, -0.15) is 0 Å². The number of aryl methyl sites for hydroxylation is 1. The van der Waals surface area contributed by atoms with E-state index in [-0.39, 0.29) is 16.9 Å². The maximum atomic E-state index is 13.4. The molecule has 0 aliphatic carbocycles. The Morgan fingerprint density at radius 3 is 2.20 bits per heavy atom. The van der Waals surface area contributed by atoms with Gasteiger partial charge in [-0.3, -0.25) is 25.0 Å². The number of urea groups is 1. The number of anilines is 1. The summed E-state index contributed by atoms with van der Waals surface area (Å²) in [6, 6.07) is 21.7. The number of hydrogen-bond acceptors (Lipinski definition) is 7. The molecule has 1 aromatic heterocycles. The predicted molar refractivity (Wildman–Crippen MR) is 154 cm³/mol. The third-order valence-corrected chi connectivity index (χ3v) is 7.58. The van der Waals surface area contributed by atoms with Crippen LogP contribution in [0.3, 0.4) is 0 Å². The predicted octanol–water partition coefficient (Wildman–Crippen LogP) is 5.83. The van der Waals surface area contributed by atoms with E-state index in [9.17, 15) is 24.5 Å². The molecule has 0 unspecified atom stereocenters. The van der Waals surface area contributed by atoms with Gasteiger partial charge in [-0.25, -0.2) is 9.69 Å². The average molecular weight is 569 g/mol. The molecule has 206 valence electrons. The number of methoxy groups -OCH3 is 1. The molecular formula is C30H24N4O6S. The van der Waals surface area contributed by atoms with Crippen molar-refractivity contribution in [3.05, 3.63) is 112 Å². The van der Waals surface area contributed by atoms with E-state index in [1.165, 1.54) is 37.1 Å². The van der Waals surface area contributed by atoms with E-state index in [2.05, 4.69) is 5.32 Å². The fraction of sp³-hybridized carbons (Fsp3) is 0.100. The van der Waals surface area contributed by atoms with Crippen molar-refractivity contribution in [2.45, 2.75) is 23.6 Å². The molecule has 1 aliphatic rings. The summed E-state index contributed by atoms with van der Waals surface area (Å²) in [4.78, 5) is 51.9. The first kappa shape index (κ1) is 27.4. The molecule has 11 heteroatoms. The number of aromatic nitrogens is 1. The summed E-state index contributed by atoms with van der Waals surface area (Å²) >= 11 is 1.49. The number of amides is 4. The van der Waals surface area contributed by atoms with Crippen molar-refractivity contribution < 1.29 is 24.0 Å². The highest BCUT2D eigenvalue weighted by atomic mass is 32.2. The molecule has 3 aromatic carbocycles. The number of barbiturate groups is 1. The first-order valence-electron chi connectivity index (χ1n) is 12.4. The second kappa shape index (κ2) is 11.1. The van der Waals surface area contributed by atoms with E-state index < -0.39 is 22.8 Å². The van der Waals surface area contributed by atoms with Gasteiger partial charge in [0.05, 0.1) is 17.7 Å². The van der Waals surface area contributed by atoms with Crippen LogP contribution < -0.4 is 15.0 Å². The van der Waals surface area contributed by atoms with E-state index in [0.29, 0.717) is 11.3 Å². The van der Waals surface area contributed by atoms with Crippen molar-refractivity contribution in [1.82, 2.24) is 9.88 Å². The highest BCUT2D eigenvalue weighted by Gasteiger charge is 2.37. The summed E-state index contributed by atoms with van der Waals surface area (Å²) in [5.74, 6) is -1.03. The summed E-state index contributed by atoms with van der Waals surface area (Å²) in [6.45, 7) is 3.80. The summed E-state index contributed by atoms with van der Waals surface area (Å²) in [5, 5.41) is 13.1. The molecule has 1 saturated heterocycles. The van der Waals surface area contributed by atoms with Crippen LogP contribution in [-0.4, -0.2) is 34.4 Å². The number of nitro groups is 1. The number of ether oxygens (including phenoxy) is 1. The number of nitrogens with one attached hydrogen (secondary N) is 1. The van der Waals surface area contributed by atoms with Gasteiger partial charge in [0, 0.05) is 45.1 Å². The van der Waals surface area contributed by atoms with Gasteiger partial charge in [0.1, 0.15) is 11.3 Å². The fourth-order valence-corrected chi connectivity index (χ4v) is 5.38. The van der Waals surface area contributed by atoms with E-state index >= 15 is 0 Å². The standard InChI is InChI=1S/C30H24N4O6S/c1-18-15-20(16-27-28(35)31-30(37)33(29(27)36)23-5-4-6-24(17-23)40-3)19(2)32(18)21-7-11-25(12-8-21)41-26-13-9-22(10-14-26)34(38)39/h4-17H,1-3H3,(H,31,35,37)/b27-16-. The van der Waals surface area contributed by atoms with Crippen LogP contribution in [-0.2, 0) is 9.59 Å². The lowest BCUT2D eigenvalue weighted by Crippen LogP contribution is -2.54. The molecule has 0 saturated carbocycles. The Balaban J connectivity index is 1.41. The van der Waals surface area contributed by atoms with Crippen molar-refractivity contribution in [1.29, 1.82) is 0 Å². The zero-order chi connectivity index (χ0) is 29.3. The molecule has 41 heavy (non-hydrogen) atoms. The van der Waals surface area contributed by atoms with E-state index in [0.717, 1.165) is 31.8 Å². The van der Waals surface area contributed by atoms with Gasteiger partial charge >= 0.3 is 6.03 Å². The SMILES string of the molecule is COc1cccc(N2C(=O)NC(=O)/C(=C/c3cc(C)n(-c4ccc(Sc5ccc([N+](=O)[O-])cc5)cc4)c3C)C2=O)c1. The van der Waals surface area contributed by atoms with Crippen LogP contribution in [0.1, 0.15) is 17.0 Å². The molecule has 1 fully saturated rings. The van der Waals surface area contributed by atoms with Gasteiger partial charge in [-0.15, -0.1) is 0 Å². The second-order valence-electron chi connectivity index (χ2n) is 9.17. The lowest BCUT2D eigenvalue weighted by Gasteiger charge is -2.26. The maximum absolute atomic E-state index is 13.4. The fourth-order valence-electron chi connectivity index (χ4n) is 4.56. The van der Waals surface area contributed by atoms with Crippen LogP contribution in [0.15, 0.2) is 94.2 Å². The lowest BCUT2D eigenvalue weighted by atomic mass is 10.1. The number of nitrogens with zero attached hydrogens (tertiary/aromatic N) is 3. The van der Waals surface area contributed by atoms with E-state index in [1.54, 1.807) is 36.4 Å². The molecule has 4 aromatic rings. The van der Waals surface area contributed by atoms with E-state index in [4.69, 9.17) is 4.74 Å². The van der Waals surface area contributed by atoms with Gasteiger partial charge in [0.25, 0.3) is 17.5 Å². The third-order valence-electron chi connectivity index (χ3n) is 6.56. The number of rotatable bonds is 7. The Morgan fingerprint density at radius 2 is 1.56 bits per heavy atom. The smallest absolute Gasteiger partial charge is 0.335 e. The maximum Gasteiger partial charge on any atom is 0.335 e. The number of carbonyl (C=O) groups excluding carboxylic acids is 3. The molecule has 10 nitrogen and oxygen atoms in total. The number of nitro benzene ring substituents is 1. The molecular weight excluding hydrogens is 544 g/mol. The summed E-state index contributed by atoms with van der Waals surface area (Å²) in [7, 11) is 1.48. The molecule has 2 heterocycles. The van der Waals surface area contributed by atoms with Gasteiger partial charge in [-0.05, 0) is 80.1 Å². The quantitative estimate of drug-likeness (QED) is 0.129. The Morgan fingerprint density at radius 1 is 0.902 bits per heavy atom. The number of benzene rings is 3. The Bertz CT molecular complexity index is 1720. The second-order valence-corrected chi connectivity index (χ2v) is 10.3. The molecule has 1 aliphatic heterocycles. The molecule has 0 radical (unpaired) electrons. The van der Waals surface area contributed by atoms with E-state index in [1.807, 2.05) is 48.7 Å². The minimum Gasteiger partial charge on any atom is -0.497 e. The molecule has 0 bridgehead atoms. The van der Waals surface area contributed by atoms with Crippen LogP contribution in [0.4, 0.5) is 16.2 Å². The molecule has 1 N–H and O–H groups in total. The van der Waals surface area contributed by atoms with Gasteiger partial charge < -0.3 is 9.30 Å². The topological polar surface area (TPSA) is 124 Å². The normalized spacial score (nSPS) is 14.4. The molecule has 5 rings (SSSR count). The summed E-state index contributed by atoms with van der Waals surface area (Å²) in [6.07, 6.45) is 1.49. The van der Waals surface area contributed by atoms with Crippen molar-refractivity contribution in [2.24, 2.45) is 0 Å². The zero-order valence-corrected chi connectivity index (χ0v) is 23.1. The van der Waals surface area contributed by atoms with Gasteiger partial charge in [0.2, 0.25) is 0 Å². The minimum absolute atomic E-state index is 0.0426. The Hall–Kier alpha value is -5.16. The van der Waals surface area contributed by atoms with Crippen molar-refractivity contribution in [2.75, 3.05) is 12.0 Å². The first-order valence-corrected chi connectivity index (χ1v) is 13.2. The first-order chi connectivity index (χ1) is 19.7. The molecule has 4 amide bonds. The van der Waals surface area contributed by atoms with Crippen LogP contribution in [0.5, 0.6) is 5.75 Å². The van der Waals surface area contributed by atoms with Crippen LogP contribution >= 0.6 is 11.8 Å². The number of imide groups is 2. The number of non-ortho nitro benzene ring substituents is 1. The number of carbonyl (C=O) groups is 3. The highest BCUT2D eigenvalue weighted by molar-refractivity contribution is 7.99. The molecule has 0 atom stereocenters. The van der Waals surface area contributed by atoms with Gasteiger partial charge in [-0.1, -0.05) is 17.8 Å². The third kappa shape index (κ3) is 5.48. The zero-order valence-electron chi connectivity index (χ0n) is 22.3. The number of hydrogen-bond donors (Lipinski definition) is 1.